The Morgan fingerprint density at radius 1 is 1.25 bits per heavy atom. The summed E-state index contributed by atoms with van der Waals surface area (Å²) >= 11 is 0. The van der Waals surface area contributed by atoms with Crippen LogP contribution in [0.4, 0.5) is 0 Å². The molecule has 2 aliphatic heterocycles. The average molecular weight is 276 g/mol. The van der Waals surface area contributed by atoms with Crippen molar-refractivity contribution in [3.05, 3.63) is 34.9 Å². The lowest BCUT2D eigenvalue weighted by Crippen LogP contribution is -2.41. The van der Waals surface area contributed by atoms with Crippen LogP contribution >= 0.6 is 0 Å². The molecule has 0 radical (unpaired) electrons. The highest BCUT2D eigenvalue weighted by Gasteiger charge is 2.36. The maximum Gasteiger partial charge on any atom is 0.335 e. The van der Waals surface area contributed by atoms with Crippen LogP contribution in [0, 0.1) is 5.92 Å². The summed E-state index contributed by atoms with van der Waals surface area (Å²) in [6.45, 7) is 1.74. The van der Waals surface area contributed by atoms with Crippen LogP contribution in [-0.4, -0.2) is 41.1 Å². The van der Waals surface area contributed by atoms with Crippen LogP contribution in [0.2, 0.25) is 0 Å². The third-order valence-corrected chi connectivity index (χ3v) is 3.93. The average Bonchev–Trinajstić information content (AvgIpc) is 3.02. The van der Waals surface area contributed by atoms with Crippen LogP contribution in [-0.2, 0) is 22.6 Å². The molecule has 0 bridgehead atoms. The molecule has 6 heteroatoms. The predicted molar refractivity (Wildman–Crippen MR) is 69.9 cm³/mol. The second kappa shape index (κ2) is 4.88. The molecule has 106 valence electrons. The minimum atomic E-state index is -0.955. The number of carbonyl (C=O) groups excluding carboxylic acids is 1. The molecule has 1 fully saturated rings. The third-order valence-electron chi connectivity index (χ3n) is 3.93. The molecule has 0 aliphatic carbocycles. The number of hydrogen-bond donors (Lipinski definition) is 2. The van der Waals surface area contributed by atoms with E-state index in [9.17, 15) is 9.59 Å². The maximum absolute atomic E-state index is 12.4. The van der Waals surface area contributed by atoms with Crippen LogP contribution in [0.5, 0.6) is 0 Å². The van der Waals surface area contributed by atoms with E-state index in [-0.39, 0.29) is 23.4 Å². The van der Waals surface area contributed by atoms with Gasteiger partial charge in [-0.25, -0.2) is 4.79 Å². The zero-order valence-electron chi connectivity index (χ0n) is 10.9. The van der Waals surface area contributed by atoms with Crippen molar-refractivity contribution in [3.63, 3.8) is 0 Å². The summed E-state index contributed by atoms with van der Waals surface area (Å²) in [5, 5.41) is 8.98. The molecule has 2 aliphatic rings. The fraction of sp³-hybridized carbons (Fsp3) is 0.429. The molecule has 2 atom stereocenters. The van der Waals surface area contributed by atoms with Gasteiger partial charge in [0, 0.05) is 19.1 Å². The van der Waals surface area contributed by atoms with Gasteiger partial charge >= 0.3 is 5.97 Å². The Bertz CT molecular complexity index is 572. The van der Waals surface area contributed by atoms with Crippen molar-refractivity contribution in [2.24, 2.45) is 11.7 Å². The van der Waals surface area contributed by atoms with Gasteiger partial charge < -0.3 is 20.5 Å². The molecule has 1 amide bonds. The van der Waals surface area contributed by atoms with E-state index in [1.807, 2.05) is 0 Å². The number of ether oxygens (including phenoxy) is 1. The summed E-state index contributed by atoms with van der Waals surface area (Å²) in [4.78, 5) is 25.1. The molecule has 6 nitrogen and oxygen atoms in total. The number of fused-ring (bicyclic) bond motifs is 1. The Labute approximate surface area is 116 Å². The van der Waals surface area contributed by atoms with Gasteiger partial charge in [0.15, 0.2) is 0 Å². The number of benzene rings is 1. The van der Waals surface area contributed by atoms with Crippen molar-refractivity contribution in [1.82, 2.24) is 4.90 Å². The molecule has 1 aromatic carbocycles. The molecule has 20 heavy (non-hydrogen) atoms. The Hall–Kier alpha value is -1.92. The quantitative estimate of drug-likeness (QED) is 0.805. The molecule has 1 aromatic rings. The van der Waals surface area contributed by atoms with Gasteiger partial charge in [-0.1, -0.05) is 6.07 Å². The summed E-state index contributed by atoms with van der Waals surface area (Å²) in [7, 11) is 0. The van der Waals surface area contributed by atoms with E-state index in [2.05, 4.69) is 0 Å². The monoisotopic (exact) mass is 276 g/mol. The van der Waals surface area contributed by atoms with E-state index >= 15 is 0 Å². The minimum absolute atomic E-state index is 0.0110. The van der Waals surface area contributed by atoms with Gasteiger partial charge in [-0.2, -0.15) is 0 Å². The predicted octanol–water partition coefficient (Wildman–Crippen LogP) is 0.201. The number of aromatic carboxylic acids is 1. The molecular weight excluding hydrogens is 260 g/mol. The van der Waals surface area contributed by atoms with Gasteiger partial charge in [0.2, 0.25) is 5.91 Å². The molecule has 2 unspecified atom stereocenters. The zero-order chi connectivity index (χ0) is 14.3. The number of nitrogens with two attached hydrogens (primary N) is 1. The molecule has 2 heterocycles. The lowest BCUT2D eigenvalue weighted by Gasteiger charge is -2.21. The fourth-order valence-electron chi connectivity index (χ4n) is 2.74. The van der Waals surface area contributed by atoms with E-state index in [1.54, 1.807) is 23.1 Å². The third kappa shape index (κ3) is 2.17. The van der Waals surface area contributed by atoms with Gasteiger partial charge in [0.05, 0.1) is 24.7 Å². The van der Waals surface area contributed by atoms with Gasteiger partial charge in [-0.05, 0) is 23.3 Å². The second-order valence-corrected chi connectivity index (χ2v) is 5.29. The number of rotatable bonds is 2. The first-order valence-corrected chi connectivity index (χ1v) is 6.53. The van der Waals surface area contributed by atoms with Crippen LogP contribution in [0.3, 0.4) is 0 Å². The molecule has 0 saturated carbocycles. The molecule has 0 spiro atoms. The summed E-state index contributed by atoms with van der Waals surface area (Å²) in [5.74, 6) is -1.25. The lowest BCUT2D eigenvalue weighted by atomic mass is 10.0. The number of carboxylic acids is 1. The first kappa shape index (κ1) is 13.1. The van der Waals surface area contributed by atoms with E-state index in [1.165, 1.54) is 0 Å². The van der Waals surface area contributed by atoms with Crippen molar-refractivity contribution in [2.75, 3.05) is 13.2 Å². The van der Waals surface area contributed by atoms with Gasteiger partial charge in [0.1, 0.15) is 0 Å². The number of hydrogen-bond acceptors (Lipinski definition) is 4. The molecule has 0 aromatic heterocycles. The van der Waals surface area contributed by atoms with Crippen LogP contribution < -0.4 is 5.73 Å². The highest BCUT2D eigenvalue weighted by molar-refractivity contribution is 5.88. The largest absolute Gasteiger partial charge is 0.478 e. The highest BCUT2D eigenvalue weighted by Crippen LogP contribution is 2.27. The Balaban J connectivity index is 1.76. The van der Waals surface area contributed by atoms with Crippen molar-refractivity contribution in [1.29, 1.82) is 0 Å². The summed E-state index contributed by atoms with van der Waals surface area (Å²) in [5.41, 5.74) is 8.01. The molecule has 3 N–H and O–H groups in total. The SMILES string of the molecule is NC1COCC1C(=O)N1Cc2ccc(C(=O)O)cc2C1. The molecule has 3 rings (SSSR count). The first-order valence-electron chi connectivity index (χ1n) is 6.53. The maximum atomic E-state index is 12.4. The topological polar surface area (TPSA) is 92.9 Å². The number of carboxylic acid groups (broad SMARTS) is 1. The summed E-state index contributed by atoms with van der Waals surface area (Å²) in [6.07, 6.45) is 0. The van der Waals surface area contributed by atoms with Crippen LogP contribution in [0.25, 0.3) is 0 Å². The van der Waals surface area contributed by atoms with E-state index in [0.717, 1.165) is 11.1 Å². The van der Waals surface area contributed by atoms with E-state index < -0.39 is 5.97 Å². The minimum Gasteiger partial charge on any atom is -0.478 e. The zero-order valence-corrected chi connectivity index (χ0v) is 10.9. The molecule has 1 saturated heterocycles. The first-order chi connectivity index (χ1) is 9.56. The van der Waals surface area contributed by atoms with Crippen molar-refractivity contribution < 1.29 is 19.4 Å². The summed E-state index contributed by atoms with van der Waals surface area (Å²) < 4.78 is 5.23. The second-order valence-electron chi connectivity index (χ2n) is 5.29. The van der Waals surface area contributed by atoms with Gasteiger partial charge in [-0.15, -0.1) is 0 Å². The number of nitrogens with zero attached hydrogens (tertiary/aromatic N) is 1. The highest BCUT2D eigenvalue weighted by atomic mass is 16.5. The standard InChI is InChI=1S/C14H16N2O4/c15-12-7-20-6-11(12)13(17)16-4-9-2-1-8(14(18)19)3-10(9)5-16/h1-3,11-12H,4-7,15H2,(H,18,19). The Morgan fingerprint density at radius 3 is 2.65 bits per heavy atom. The fourth-order valence-corrected chi connectivity index (χ4v) is 2.74. The van der Waals surface area contributed by atoms with Crippen molar-refractivity contribution in [2.45, 2.75) is 19.1 Å². The van der Waals surface area contributed by atoms with Crippen LogP contribution in [0.1, 0.15) is 21.5 Å². The van der Waals surface area contributed by atoms with E-state index in [0.29, 0.717) is 26.3 Å². The van der Waals surface area contributed by atoms with Gasteiger partial charge in [-0.3, -0.25) is 4.79 Å². The Morgan fingerprint density at radius 2 is 2.00 bits per heavy atom. The van der Waals surface area contributed by atoms with Gasteiger partial charge in [0.25, 0.3) is 0 Å². The number of amides is 1. The summed E-state index contributed by atoms with van der Waals surface area (Å²) in [6, 6.07) is 4.73. The van der Waals surface area contributed by atoms with E-state index in [4.69, 9.17) is 15.6 Å². The smallest absolute Gasteiger partial charge is 0.335 e. The van der Waals surface area contributed by atoms with Crippen molar-refractivity contribution >= 4 is 11.9 Å². The number of carbonyl (C=O) groups is 2. The Kier molecular flexibility index (Phi) is 3.19. The molecular formula is C14H16N2O4. The normalized spacial score (nSPS) is 24.8. The van der Waals surface area contributed by atoms with Crippen molar-refractivity contribution in [3.8, 4) is 0 Å². The lowest BCUT2D eigenvalue weighted by molar-refractivity contribution is -0.136. The van der Waals surface area contributed by atoms with Crippen LogP contribution in [0.15, 0.2) is 18.2 Å².